The Labute approximate surface area is 182 Å². The van der Waals surface area contributed by atoms with Gasteiger partial charge in [0.2, 0.25) is 0 Å². The lowest BCUT2D eigenvalue weighted by atomic mass is 9.53. The number of hydrogen-bond donors (Lipinski definition) is 1. The Morgan fingerprint density at radius 1 is 1.10 bits per heavy atom. The summed E-state index contributed by atoms with van der Waals surface area (Å²) in [5.74, 6) is 5.47. The molecule has 0 heterocycles. The van der Waals surface area contributed by atoms with Crippen molar-refractivity contribution in [2.75, 3.05) is 0 Å². The highest BCUT2D eigenvalue weighted by atomic mass is 16.3. The van der Waals surface area contributed by atoms with Gasteiger partial charge in [-0.3, -0.25) is 0 Å². The molecule has 0 aromatic rings. The standard InChI is InChI=1S/C28H50O/c1-6-7-11-27-26(15-14-24-19-25(29)16-17-28(24,27)5)23-13-12-22(18-23)21(4)10-8-9-20(2)3/h14,20-23,25-27,29H,6-13,15-19H2,1-5H3/t21-,22+,23-,25+,26+,27+,28+/m1/s1. The second-order valence-electron chi connectivity index (χ2n) is 11.8. The van der Waals surface area contributed by atoms with Gasteiger partial charge in [0.1, 0.15) is 0 Å². The van der Waals surface area contributed by atoms with E-state index in [0.717, 1.165) is 48.3 Å². The third-order valence-electron chi connectivity index (χ3n) is 9.39. The molecule has 7 atom stereocenters. The van der Waals surface area contributed by atoms with E-state index in [-0.39, 0.29) is 6.10 Å². The predicted octanol–water partition coefficient (Wildman–Crippen LogP) is 8.17. The number of fused-ring (bicyclic) bond motifs is 1. The summed E-state index contributed by atoms with van der Waals surface area (Å²) in [4.78, 5) is 0. The molecule has 0 saturated heterocycles. The highest BCUT2D eigenvalue weighted by Crippen LogP contribution is 2.58. The van der Waals surface area contributed by atoms with Gasteiger partial charge in [0, 0.05) is 0 Å². The second kappa shape index (κ2) is 10.3. The van der Waals surface area contributed by atoms with Crippen LogP contribution >= 0.6 is 0 Å². The monoisotopic (exact) mass is 402 g/mol. The molecule has 29 heavy (non-hydrogen) atoms. The zero-order chi connectivity index (χ0) is 21.0. The van der Waals surface area contributed by atoms with Crippen LogP contribution in [-0.4, -0.2) is 11.2 Å². The van der Waals surface area contributed by atoms with Gasteiger partial charge in [-0.15, -0.1) is 0 Å². The number of hydrogen-bond acceptors (Lipinski definition) is 1. The first-order valence-corrected chi connectivity index (χ1v) is 13.2. The van der Waals surface area contributed by atoms with Crippen molar-refractivity contribution >= 4 is 0 Å². The van der Waals surface area contributed by atoms with Crippen LogP contribution in [0.5, 0.6) is 0 Å². The lowest BCUT2D eigenvalue weighted by Gasteiger charge is -2.52. The zero-order valence-corrected chi connectivity index (χ0v) is 20.3. The van der Waals surface area contributed by atoms with Crippen LogP contribution in [0.25, 0.3) is 0 Å². The Kier molecular flexibility index (Phi) is 8.33. The van der Waals surface area contributed by atoms with Gasteiger partial charge in [-0.25, -0.2) is 0 Å². The van der Waals surface area contributed by atoms with Crippen molar-refractivity contribution < 1.29 is 5.11 Å². The molecular weight excluding hydrogens is 352 g/mol. The molecule has 168 valence electrons. The van der Waals surface area contributed by atoms with Crippen LogP contribution in [0.1, 0.15) is 118 Å². The minimum atomic E-state index is -0.0831. The maximum Gasteiger partial charge on any atom is 0.0577 e. The Hall–Kier alpha value is -0.300. The zero-order valence-electron chi connectivity index (χ0n) is 20.3. The van der Waals surface area contributed by atoms with Gasteiger partial charge < -0.3 is 5.11 Å². The van der Waals surface area contributed by atoms with E-state index in [1.165, 1.54) is 70.6 Å². The van der Waals surface area contributed by atoms with E-state index < -0.39 is 0 Å². The summed E-state index contributed by atoms with van der Waals surface area (Å²) in [5.41, 5.74) is 1.99. The fourth-order valence-electron chi connectivity index (χ4n) is 7.39. The van der Waals surface area contributed by atoms with Crippen LogP contribution in [0.3, 0.4) is 0 Å². The quantitative estimate of drug-likeness (QED) is 0.385. The first-order valence-electron chi connectivity index (χ1n) is 13.2. The molecule has 3 aliphatic rings. The summed E-state index contributed by atoms with van der Waals surface area (Å²) in [7, 11) is 0. The van der Waals surface area contributed by atoms with E-state index in [9.17, 15) is 5.11 Å². The summed E-state index contributed by atoms with van der Waals surface area (Å²) in [5, 5.41) is 10.3. The summed E-state index contributed by atoms with van der Waals surface area (Å²) < 4.78 is 0. The molecule has 0 aliphatic heterocycles. The van der Waals surface area contributed by atoms with Gasteiger partial charge in [0.05, 0.1) is 6.10 Å². The first-order chi connectivity index (χ1) is 13.8. The highest BCUT2D eigenvalue weighted by Gasteiger charge is 2.49. The number of aliphatic hydroxyl groups excluding tert-OH is 1. The van der Waals surface area contributed by atoms with Gasteiger partial charge in [0.25, 0.3) is 0 Å². The van der Waals surface area contributed by atoms with E-state index >= 15 is 0 Å². The largest absolute Gasteiger partial charge is 0.393 e. The van der Waals surface area contributed by atoms with E-state index in [4.69, 9.17) is 0 Å². The van der Waals surface area contributed by atoms with Gasteiger partial charge >= 0.3 is 0 Å². The molecule has 0 radical (unpaired) electrons. The van der Waals surface area contributed by atoms with Gasteiger partial charge in [-0.2, -0.15) is 0 Å². The minimum absolute atomic E-state index is 0.0831. The maximum atomic E-state index is 10.3. The molecule has 0 aromatic carbocycles. The van der Waals surface area contributed by atoms with E-state index in [2.05, 4.69) is 40.7 Å². The van der Waals surface area contributed by atoms with Gasteiger partial charge in [-0.1, -0.05) is 78.4 Å². The summed E-state index contributed by atoms with van der Waals surface area (Å²) in [6.07, 6.45) is 19.8. The lowest BCUT2D eigenvalue weighted by Crippen LogP contribution is -2.44. The molecule has 0 amide bonds. The molecular formula is C28H50O. The molecule has 0 aromatic heterocycles. The van der Waals surface area contributed by atoms with E-state index in [1.807, 2.05) is 0 Å². The van der Waals surface area contributed by atoms with Crippen molar-refractivity contribution in [3.05, 3.63) is 11.6 Å². The second-order valence-corrected chi connectivity index (χ2v) is 11.8. The number of rotatable bonds is 9. The Balaban J connectivity index is 1.65. The molecule has 0 bridgehead atoms. The molecule has 3 rings (SSSR count). The normalized spacial score (nSPS) is 38.7. The van der Waals surface area contributed by atoms with Crippen LogP contribution < -0.4 is 0 Å². The highest BCUT2D eigenvalue weighted by molar-refractivity contribution is 5.23. The fraction of sp³-hybridized carbons (Fsp3) is 0.929. The Morgan fingerprint density at radius 3 is 2.62 bits per heavy atom. The van der Waals surface area contributed by atoms with E-state index in [0.29, 0.717) is 5.41 Å². The van der Waals surface area contributed by atoms with Crippen LogP contribution in [0.15, 0.2) is 11.6 Å². The third-order valence-corrected chi connectivity index (χ3v) is 9.39. The molecule has 0 spiro atoms. The molecule has 1 N–H and O–H groups in total. The topological polar surface area (TPSA) is 20.2 Å². The number of unbranched alkanes of at least 4 members (excludes halogenated alkanes) is 1. The van der Waals surface area contributed by atoms with Crippen molar-refractivity contribution in [2.24, 2.45) is 40.9 Å². The minimum Gasteiger partial charge on any atom is -0.393 e. The van der Waals surface area contributed by atoms with Crippen molar-refractivity contribution in [1.82, 2.24) is 0 Å². The Morgan fingerprint density at radius 2 is 1.90 bits per heavy atom. The molecule has 3 aliphatic carbocycles. The van der Waals surface area contributed by atoms with Gasteiger partial charge in [-0.05, 0) is 92.3 Å². The van der Waals surface area contributed by atoms with Crippen molar-refractivity contribution in [2.45, 2.75) is 124 Å². The SMILES string of the molecule is CCCC[C@H]1[C@H]([C@@H]2CC[C@H]([C@H](C)CCCC(C)C)C2)CC=C2C[C@@H](O)CC[C@@]21C. The van der Waals surface area contributed by atoms with Gasteiger partial charge in [0.15, 0.2) is 0 Å². The average molecular weight is 403 g/mol. The Bertz CT molecular complexity index is 534. The van der Waals surface area contributed by atoms with Crippen LogP contribution in [0.2, 0.25) is 0 Å². The molecule has 2 fully saturated rings. The van der Waals surface area contributed by atoms with Crippen molar-refractivity contribution in [3.8, 4) is 0 Å². The summed E-state index contributed by atoms with van der Waals surface area (Å²) >= 11 is 0. The van der Waals surface area contributed by atoms with Crippen molar-refractivity contribution in [3.63, 3.8) is 0 Å². The number of allylic oxidation sites excluding steroid dienone is 1. The van der Waals surface area contributed by atoms with Crippen LogP contribution in [0.4, 0.5) is 0 Å². The third kappa shape index (κ3) is 5.50. The lowest BCUT2D eigenvalue weighted by molar-refractivity contribution is 0.0277. The summed E-state index contributed by atoms with van der Waals surface area (Å²) in [6, 6.07) is 0. The average Bonchev–Trinajstić information content (AvgIpc) is 3.16. The van der Waals surface area contributed by atoms with Crippen LogP contribution in [0, 0.1) is 40.9 Å². The van der Waals surface area contributed by atoms with Crippen molar-refractivity contribution in [1.29, 1.82) is 0 Å². The maximum absolute atomic E-state index is 10.3. The molecule has 1 nitrogen and oxygen atoms in total. The predicted molar refractivity (Wildman–Crippen MR) is 126 cm³/mol. The molecule has 2 saturated carbocycles. The van der Waals surface area contributed by atoms with E-state index in [1.54, 1.807) is 5.57 Å². The smallest absolute Gasteiger partial charge is 0.0577 e. The van der Waals surface area contributed by atoms with Crippen LogP contribution in [-0.2, 0) is 0 Å². The first kappa shape index (κ1) is 23.4. The molecule has 0 unspecified atom stereocenters. The summed E-state index contributed by atoms with van der Waals surface area (Å²) in [6.45, 7) is 12.2. The molecule has 1 heteroatoms. The fourth-order valence-corrected chi connectivity index (χ4v) is 7.39. The number of aliphatic hydroxyl groups is 1.